The smallest absolute Gasteiger partial charge is 0.0529 e. The van der Waals surface area contributed by atoms with Crippen LogP contribution in [0.25, 0.3) is 22.2 Å². The summed E-state index contributed by atoms with van der Waals surface area (Å²) in [5.41, 5.74) is 7.28. The number of rotatable bonds is 3. The van der Waals surface area contributed by atoms with E-state index in [1.54, 1.807) is 5.56 Å². The molecular formula is C23H27N. The van der Waals surface area contributed by atoms with Gasteiger partial charge in [0, 0.05) is 23.0 Å². The Labute approximate surface area is 145 Å². The summed E-state index contributed by atoms with van der Waals surface area (Å²) in [5, 5.41) is 1.48. The predicted molar refractivity (Wildman–Crippen MR) is 104 cm³/mol. The van der Waals surface area contributed by atoms with Crippen LogP contribution < -0.4 is 0 Å². The van der Waals surface area contributed by atoms with Gasteiger partial charge in [-0.1, -0.05) is 61.7 Å². The molecule has 1 heterocycles. The van der Waals surface area contributed by atoms with Gasteiger partial charge in [0.05, 0.1) is 5.69 Å². The lowest BCUT2D eigenvalue weighted by Crippen LogP contribution is -2.07. The van der Waals surface area contributed by atoms with Gasteiger partial charge in [0.2, 0.25) is 0 Å². The summed E-state index contributed by atoms with van der Waals surface area (Å²) in [6, 6.07) is 17.9. The van der Waals surface area contributed by atoms with E-state index in [1.165, 1.54) is 59.8 Å². The first kappa shape index (κ1) is 15.5. The molecule has 0 saturated heterocycles. The van der Waals surface area contributed by atoms with Gasteiger partial charge in [0.25, 0.3) is 0 Å². The first-order valence-electron chi connectivity index (χ1n) is 9.48. The summed E-state index contributed by atoms with van der Waals surface area (Å²) >= 11 is 0. The molecule has 0 unspecified atom stereocenters. The van der Waals surface area contributed by atoms with E-state index in [1.807, 2.05) is 0 Å². The lowest BCUT2D eigenvalue weighted by atomic mass is 9.81. The molecule has 1 saturated carbocycles. The highest BCUT2D eigenvalue weighted by Gasteiger charge is 2.26. The Morgan fingerprint density at radius 3 is 2.38 bits per heavy atom. The van der Waals surface area contributed by atoms with Crippen molar-refractivity contribution >= 4 is 10.9 Å². The Balaban J connectivity index is 2.04. The van der Waals surface area contributed by atoms with Crippen LogP contribution in [0.3, 0.4) is 0 Å². The van der Waals surface area contributed by atoms with Gasteiger partial charge in [-0.2, -0.15) is 0 Å². The van der Waals surface area contributed by atoms with Gasteiger partial charge >= 0.3 is 0 Å². The van der Waals surface area contributed by atoms with Gasteiger partial charge in [-0.05, 0) is 49.8 Å². The number of hydrogen-bond donors (Lipinski definition) is 0. The van der Waals surface area contributed by atoms with Crippen molar-refractivity contribution in [3.05, 3.63) is 59.7 Å². The van der Waals surface area contributed by atoms with Crippen molar-refractivity contribution in [2.24, 2.45) is 0 Å². The molecule has 0 bridgehead atoms. The minimum atomic E-state index is 0.714. The summed E-state index contributed by atoms with van der Waals surface area (Å²) < 4.78 is 2.54. The third-order valence-corrected chi connectivity index (χ3v) is 5.74. The van der Waals surface area contributed by atoms with Crippen molar-refractivity contribution in [3.8, 4) is 11.3 Å². The molecule has 1 heteroatoms. The zero-order chi connectivity index (χ0) is 16.5. The highest BCUT2D eigenvalue weighted by Crippen LogP contribution is 2.44. The highest BCUT2D eigenvalue weighted by molar-refractivity contribution is 5.93. The Bertz CT molecular complexity index is 850. The fraction of sp³-hybridized carbons (Fsp3) is 0.391. The van der Waals surface area contributed by atoms with Gasteiger partial charge < -0.3 is 4.57 Å². The summed E-state index contributed by atoms with van der Waals surface area (Å²) in [5.74, 6) is 0.714. The molecule has 1 aromatic heterocycles. The Hall–Kier alpha value is -2.02. The number of aromatic nitrogens is 1. The lowest BCUT2D eigenvalue weighted by molar-refractivity contribution is 0.445. The van der Waals surface area contributed by atoms with Crippen molar-refractivity contribution in [1.82, 2.24) is 4.57 Å². The predicted octanol–water partition coefficient (Wildman–Crippen LogP) is 6.68. The first-order valence-corrected chi connectivity index (χ1v) is 9.48. The van der Waals surface area contributed by atoms with Crippen LogP contribution in [0.15, 0.2) is 48.5 Å². The van der Waals surface area contributed by atoms with E-state index >= 15 is 0 Å². The number of benzene rings is 2. The SMILES string of the molecule is CCn1c(-c2ccccc2C)c(C2CCCCC2)c2ccccc21. The molecule has 2 aromatic carbocycles. The Kier molecular flexibility index (Phi) is 4.18. The average molecular weight is 317 g/mol. The molecule has 0 atom stereocenters. The van der Waals surface area contributed by atoms with Crippen LogP contribution >= 0.6 is 0 Å². The largest absolute Gasteiger partial charge is 0.341 e. The van der Waals surface area contributed by atoms with Gasteiger partial charge in [0.1, 0.15) is 0 Å². The Morgan fingerprint density at radius 2 is 1.62 bits per heavy atom. The van der Waals surface area contributed by atoms with Crippen LogP contribution in [0.1, 0.15) is 56.1 Å². The summed E-state index contributed by atoms with van der Waals surface area (Å²) in [6.45, 7) is 5.55. The minimum Gasteiger partial charge on any atom is -0.341 e. The third kappa shape index (κ3) is 2.47. The second-order valence-corrected chi connectivity index (χ2v) is 7.17. The van der Waals surface area contributed by atoms with E-state index in [-0.39, 0.29) is 0 Å². The molecule has 1 aliphatic rings. The van der Waals surface area contributed by atoms with Crippen molar-refractivity contribution in [2.45, 2.75) is 58.4 Å². The third-order valence-electron chi connectivity index (χ3n) is 5.74. The van der Waals surface area contributed by atoms with Crippen molar-refractivity contribution < 1.29 is 0 Å². The molecule has 1 aliphatic carbocycles. The average Bonchev–Trinajstić information content (AvgIpc) is 2.97. The monoisotopic (exact) mass is 317 g/mol. The molecule has 24 heavy (non-hydrogen) atoms. The zero-order valence-electron chi connectivity index (χ0n) is 14.9. The topological polar surface area (TPSA) is 4.93 Å². The van der Waals surface area contributed by atoms with Crippen LogP contribution in [0.5, 0.6) is 0 Å². The lowest BCUT2D eigenvalue weighted by Gasteiger charge is -2.24. The zero-order valence-corrected chi connectivity index (χ0v) is 14.9. The van der Waals surface area contributed by atoms with E-state index in [4.69, 9.17) is 0 Å². The number of nitrogens with zero attached hydrogens (tertiary/aromatic N) is 1. The van der Waals surface area contributed by atoms with Gasteiger partial charge in [-0.3, -0.25) is 0 Å². The first-order chi connectivity index (χ1) is 11.8. The van der Waals surface area contributed by atoms with E-state index < -0.39 is 0 Å². The maximum Gasteiger partial charge on any atom is 0.0529 e. The molecule has 1 fully saturated rings. The molecule has 124 valence electrons. The number of fused-ring (bicyclic) bond motifs is 1. The molecule has 0 radical (unpaired) electrons. The molecule has 1 nitrogen and oxygen atoms in total. The van der Waals surface area contributed by atoms with E-state index in [0.717, 1.165) is 6.54 Å². The molecule has 3 aromatic rings. The van der Waals surface area contributed by atoms with Crippen molar-refractivity contribution in [1.29, 1.82) is 0 Å². The molecule has 4 rings (SSSR count). The van der Waals surface area contributed by atoms with Crippen LogP contribution in [-0.4, -0.2) is 4.57 Å². The molecule has 0 N–H and O–H groups in total. The van der Waals surface area contributed by atoms with Gasteiger partial charge in [-0.25, -0.2) is 0 Å². The van der Waals surface area contributed by atoms with Crippen LogP contribution in [-0.2, 0) is 6.54 Å². The maximum absolute atomic E-state index is 2.54. The van der Waals surface area contributed by atoms with E-state index in [2.05, 4.69) is 66.9 Å². The summed E-state index contributed by atoms with van der Waals surface area (Å²) in [4.78, 5) is 0. The standard InChI is InChI=1S/C23H27N/c1-3-24-21-16-10-9-15-20(21)22(18-12-5-4-6-13-18)23(24)19-14-8-7-11-17(19)2/h7-11,14-16,18H,3-6,12-13H2,1-2H3. The van der Waals surface area contributed by atoms with Crippen LogP contribution in [0, 0.1) is 6.92 Å². The molecule has 0 spiro atoms. The molecule has 0 aliphatic heterocycles. The van der Waals surface area contributed by atoms with E-state index in [9.17, 15) is 0 Å². The van der Waals surface area contributed by atoms with Crippen LogP contribution in [0.2, 0.25) is 0 Å². The summed E-state index contributed by atoms with van der Waals surface area (Å²) in [7, 11) is 0. The maximum atomic E-state index is 2.54. The fourth-order valence-electron chi connectivity index (χ4n) is 4.59. The van der Waals surface area contributed by atoms with E-state index in [0.29, 0.717) is 5.92 Å². The number of hydrogen-bond acceptors (Lipinski definition) is 0. The highest BCUT2D eigenvalue weighted by atomic mass is 15.0. The molecule has 0 amide bonds. The molecular weight excluding hydrogens is 290 g/mol. The van der Waals surface area contributed by atoms with Gasteiger partial charge in [0.15, 0.2) is 0 Å². The number of para-hydroxylation sites is 1. The normalized spacial score (nSPS) is 15.9. The second-order valence-electron chi connectivity index (χ2n) is 7.17. The quantitative estimate of drug-likeness (QED) is 0.507. The number of aryl methyl sites for hydroxylation is 2. The van der Waals surface area contributed by atoms with Crippen molar-refractivity contribution in [3.63, 3.8) is 0 Å². The summed E-state index contributed by atoms with van der Waals surface area (Å²) in [6.07, 6.45) is 6.85. The minimum absolute atomic E-state index is 0.714. The second kappa shape index (κ2) is 6.47. The Morgan fingerprint density at radius 1 is 0.917 bits per heavy atom. The van der Waals surface area contributed by atoms with Crippen molar-refractivity contribution in [2.75, 3.05) is 0 Å². The van der Waals surface area contributed by atoms with Gasteiger partial charge in [-0.15, -0.1) is 0 Å². The fourth-order valence-corrected chi connectivity index (χ4v) is 4.59. The van der Waals surface area contributed by atoms with Crippen LogP contribution in [0.4, 0.5) is 0 Å².